The minimum absolute atomic E-state index is 0.185. The second-order valence-electron chi connectivity index (χ2n) is 8.32. The molecule has 1 aromatic carbocycles. The molecule has 4 rings (SSSR count). The Hall–Kier alpha value is -1.60. The molecule has 0 radical (unpaired) electrons. The minimum Gasteiger partial charge on any atom is -0.487 e. The summed E-state index contributed by atoms with van der Waals surface area (Å²) in [7, 11) is -3.64. The fraction of sp³-hybridized carbons (Fsp3) is 0.650. The normalized spacial score (nSPS) is 27.9. The Morgan fingerprint density at radius 3 is 2.56 bits per heavy atom. The van der Waals surface area contributed by atoms with Crippen molar-refractivity contribution in [2.24, 2.45) is 11.8 Å². The van der Waals surface area contributed by atoms with Crippen LogP contribution in [0.2, 0.25) is 0 Å². The molecule has 0 unspecified atom stereocenters. The lowest BCUT2D eigenvalue weighted by atomic mass is 10.0. The van der Waals surface area contributed by atoms with Crippen molar-refractivity contribution in [3.8, 4) is 5.75 Å². The molecule has 27 heavy (non-hydrogen) atoms. The second-order valence-corrected chi connectivity index (χ2v) is 10.2. The highest BCUT2D eigenvalue weighted by Gasteiger charge is 2.44. The summed E-state index contributed by atoms with van der Waals surface area (Å²) in [4.78, 5) is 14.7. The molecule has 1 saturated carbocycles. The highest BCUT2D eigenvalue weighted by atomic mass is 32.2. The van der Waals surface area contributed by atoms with E-state index in [0.717, 1.165) is 12.8 Å². The Kier molecular flexibility index (Phi) is 4.93. The van der Waals surface area contributed by atoms with E-state index in [4.69, 9.17) is 4.74 Å². The van der Waals surface area contributed by atoms with E-state index in [9.17, 15) is 13.2 Å². The van der Waals surface area contributed by atoms with Gasteiger partial charge in [0.1, 0.15) is 16.7 Å². The highest BCUT2D eigenvalue weighted by molar-refractivity contribution is 7.89. The molecule has 0 aromatic heterocycles. The fourth-order valence-corrected chi connectivity index (χ4v) is 6.12. The van der Waals surface area contributed by atoms with Gasteiger partial charge in [-0.3, -0.25) is 4.79 Å². The Morgan fingerprint density at radius 2 is 1.85 bits per heavy atom. The molecular formula is C20H28N2O4S. The van der Waals surface area contributed by atoms with Gasteiger partial charge in [0, 0.05) is 32.0 Å². The zero-order valence-electron chi connectivity index (χ0n) is 16.0. The first-order chi connectivity index (χ1) is 12.9. The van der Waals surface area contributed by atoms with E-state index in [-0.39, 0.29) is 34.8 Å². The van der Waals surface area contributed by atoms with Gasteiger partial charge in [-0.25, -0.2) is 8.42 Å². The summed E-state index contributed by atoms with van der Waals surface area (Å²) >= 11 is 0. The van der Waals surface area contributed by atoms with Crippen LogP contribution in [0, 0.1) is 11.8 Å². The highest BCUT2D eigenvalue weighted by Crippen LogP contribution is 2.38. The van der Waals surface area contributed by atoms with E-state index in [1.54, 1.807) is 28.6 Å². The zero-order chi connectivity index (χ0) is 19.2. The lowest BCUT2D eigenvalue weighted by molar-refractivity contribution is -0.132. The van der Waals surface area contributed by atoms with Crippen molar-refractivity contribution >= 4 is 15.9 Å². The summed E-state index contributed by atoms with van der Waals surface area (Å²) in [5.41, 5.74) is 0. The molecule has 1 aliphatic carbocycles. The number of ether oxygens (including phenoxy) is 1. The molecular weight excluding hydrogens is 364 g/mol. The minimum atomic E-state index is -3.64. The predicted octanol–water partition coefficient (Wildman–Crippen LogP) is 2.50. The molecule has 1 aromatic rings. The van der Waals surface area contributed by atoms with Gasteiger partial charge in [0.05, 0.1) is 6.04 Å². The monoisotopic (exact) mass is 392 g/mol. The number of hydrogen-bond acceptors (Lipinski definition) is 4. The average Bonchev–Trinajstić information content (AvgIpc) is 3.47. The van der Waals surface area contributed by atoms with E-state index in [0.29, 0.717) is 38.2 Å². The number of carbonyl (C=O) groups excluding carboxylic acids is 1. The van der Waals surface area contributed by atoms with Gasteiger partial charge < -0.3 is 9.64 Å². The molecule has 6 nitrogen and oxygen atoms in total. The Balaban J connectivity index is 1.69. The fourth-order valence-electron chi connectivity index (χ4n) is 4.16. The molecule has 3 aliphatic rings. The van der Waals surface area contributed by atoms with Crippen LogP contribution < -0.4 is 4.74 Å². The summed E-state index contributed by atoms with van der Waals surface area (Å²) in [6.45, 7) is 5.75. The third-order valence-corrected chi connectivity index (χ3v) is 7.61. The van der Waals surface area contributed by atoms with Crippen LogP contribution in [0.25, 0.3) is 0 Å². The van der Waals surface area contributed by atoms with E-state index in [1.807, 2.05) is 18.7 Å². The third-order valence-electron chi connectivity index (χ3n) is 5.67. The van der Waals surface area contributed by atoms with Crippen molar-refractivity contribution in [1.82, 2.24) is 9.21 Å². The van der Waals surface area contributed by atoms with Gasteiger partial charge in [-0.1, -0.05) is 26.0 Å². The predicted molar refractivity (Wildman–Crippen MR) is 102 cm³/mol. The lowest BCUT2D eigenvalue weighted by Gasteiger charge is -2.32. The number of amides is 1. The smallest absolute Gasteiger partial charge is 0.247 e. The SMILES string of the molecule is CC(C)CN1[C@H]2CCN(C(=O)C3CC3)CC[C@@H]2Oc2ccccc2S1(=O)=O. The summed E-state index contributed by atoms with van der Waals surface area (Å²) in [6.07, 6.45) is 3.00. The first-order valence-electron chi connectivity index (χ1n) is 9.94. The largest absolute Gasteiger partial charge is 0.487 e. The number of fused-ring (bicyclic) bond motifs is 2. The number of benzene rings is 1. The number of para-hydroxylation sites is 1. The van der Waals surface area contributed by atoms with Crippen LogP contribution in [-0.2, 0) is 14.8 Å². The average molecular weight is 393 g/mol. The van der Waals surface area contributed by atoms with Crippen LogP contribution in [0.4, 0.5) is 0 Å². The van der Waals surface area contributed by atoms with Crippen LogP contribution in [0.1, 0.15) is 39.5 Å². The van der Waals surface area contributed by atoms with Crippen molar-refractivity contribution in [2.75, 3.05) is 19.6 Å². The first-order valence-corrected chi connectivity index (χ1v) is 11.4. The maximum atomic E-state index is 13.4. The van der Waals surface area contributed by atoms with Gasteiger partial charge >= 0.3 is 0 Å². The second kappa shape index (κ2) is 7.09. The van der Waals surface area contributed by atoms with Gasteiger partial charge in [-0.2, -0.15) is 4.31 Å². The number of likely N-dealkylation sites (tertiary alicyclic amines) is 1. The number of hydrogen-bond donors (Lipinski definition) is 0. The summed E-state index contributed by atoms with van der Waals surface area (Å²) in [5, 5.41) is 0. The van der Waals surface area contributed by atoms with Gasteiger partial charge in [0.25, 0.3) is 0 Å². The van der Waals surface area contributed by atoms with Gasteiger partial charge in [-0.05, 0) is 37.3 Å². The molecule has 2 atom stereocenters. The van der Waals surface area contributed by atoms with E-state index in [1.165, 1.54) is 0 Å². The van der Waals surface area contributed by atoms with Crippen molar-refractivity contribution in [3.05, 3.63) is 24.3 Å². The van der Waals surface area contributed by atoms with E-state index in [2.05, 4.69) is 0 Å². The van der Waals surface area contributed by atoms with Crippen LogP contribution in [0.15, 0.2) is 29.2 Å². The first kappa shape index (κ1) is 18.7. The quantitative estimate of drug-likeness (QED) is 0.793. The van der Waals surface area contributed by atoms with Crippen LogP contribution in [-0.4, -0.2) is 55.3 Å². The molecule has 2 fully saturated rings. The molecule has 1 amide bonds. The molecule has 0 bridgehead atoms. The number of nitrogens with zero attached hydrogens (tertiary/aromatic N) is 2. The molecule has 148 valence electrons. The molecule has 0 spiro atoms. The molecule has 0 N–H and O–H groups in total. The summed E-state index contributed by atoms with van der Waals surface area (Å²) in [5.74, 6) is 1.05. The lowest BCUT2D eigenvalue weighted by Crippen LogP contribution is -2.48. The van der Waals surface area contributed by atoms with Crippen molar-refractivity contribution < 1.29 is 17.9 Å². The Morgan fingerprint density at radius 1 is 1.15 bits per heavy atom. The topological polar surface area (TPSA) is 66.9 Å². The van der Waals surface area contributed by atoms with Crippen molar-refractivity contribution in [2.45, 2.75) is 56.6 Å². The van der Waals surface area contributed by atoms with E-state index < -0.39 is 10.0 Å². The van der Waals surface area contributed by atoms with Crippen LogP contribution in [0.3, 0.4) is 0 Å². The standard InChI is InChI=1S/C20H28N2O4S/c1-14(2)13-22-16-9-11-21(20(23)15-7-8-15)12-10-17(16)26-18-5-3-4-6-19(18)27(22,24)25/h3-6,14-17H,7-13H2,1-2H3/t16-,17-/m0/s1. The van der Waals surface area contributed by atoms with Gasteiger partial charge in [0.2, 0.25) is 15.9 Å². The number of sulfonamides is 1. The molecule has 2 aliphatic heterocycles. The van der Waals surface area contributed by atoms with Crippen molar-refractivity contribution in [1.29, 1.82) is 0 Å². The summed E-state index contributed by atoms with van der Waals surface area (Å²) < 4.78 is 34.7. The number of rotatable bonds is 3. The van der Waals surface area contributed by atoms with Gasteiger partial charge in [0.15, 0.2) is 0 Å². The van der Waals surface area contributed by atoms with E-state index >= 15 is 0 Å². The zero-order valence-corrected chi connectivity index (χ0v) is 16.8. The Labute approximate surface area is 161 Å². The van der Waals surface area contributed by atoms with Gasteiger partial charge in [-0.15, -0.1) is 0 Å². The van der Waals surface area contributed by atoms with Crippen LogP contribution >= 0.6 is 0 Å². The summed E-state index contributed by atoms with van der Waals surface area (Å²) in [6, 6.07) is 6.67. The Bertz CT molecular complexity index is 819. The molecule has 2 heterocycles. The third kappa shape index (κ3) is 3.59. The van der Waals surface area contributed by atoms with Crippen molar-refractivity contribution in [3.63, 3.8) is 0 Å². The molecule has 1 saturated heterocycles. The maximum absolute atomic E-state index is 13.4. The van der Waals surface area contributed by atoms with Crippen LogP contribution in [0.5, 0.6) is 5.75 Å². The maximum Gasteiger partial charge on any atom is 0.247 e. The molecule has 7 heteroatoms. The number of carbonyl (C=O) groups is 1.